The summed E-state index contributed by atoms with van der Waals surface area (Å²) in [5.41, 5.74) is 2.38. The topological polar surface area (TPSA) is 9.23 Å². The highest BCUT2D eigenvalue weighted by molar-refractivity contribution is 5.91. The van der Waals surface area contributed by atoms with Crippen molar-refractivity contribution in [3.8, 4) is 5.75 Å². The standard InChI is InChI=1S/C19H14O/c1-2-7-15(8-3-1)18-13-12-16-11-10-14-6-4-5-9-17(14)19(16)20-18/h1-11,13H,12H2. The molecular weight excluding hydrogens is 244 g/mol. The van der Waals surface area contributed by atoms with E-state index >= 15 is 0 Å². The van der Waals surface area contributed by atoms with Crippen molar-refractivity contribution in [1.82, 2.24) is 0 Å². The molecule has 20 heavy (non-hydrogen) atoms. The van der Waals surface area contributed by atoms with Crippen molar-refractivity contribution in [2.75, 3.05) is 0 Å². The first-order valence-corrected chi connectivity index (χ1v) is 6.86. The zero-order valence-electron chi connectivity index (χ0n) is 11.0. The minimum Gasteiger partial charge on any atom is -0.456 e. The van der Waals surface area contributed by atoms with Crippen LogP contribution in [0, 0.1) is 0 Å². The van der Waals surface area contributed by atoms with Crippen LogP contribution in [0.15, 0.2) is 72.8 Å². The van der Waals surface area contributed by atoms with Gasteiger partial charge in [-0.3, -0.25) is 0 Å². The molecule has 0 saturated carbocycles. The molecule has 1 heteroatoms. The Morgan fingerprint density at radius 3 is 2.45 bits per heavy atom. The summed E-state index contributed by atoms with van der Waals surface area (Å²) in [7, 11) is 0. The molecule has 0 amide bonds. The van der Waals surface area contributed by atoms with Crippen LogP contribution in [0.3, 0.4) is 0 Å². The monoisotopic (exact) mass is 258 g/mol. The fourth-order valence-corrected chi connectivity index (χ4v) is 2.70. The average Bonchev–Trinajstić information content (AvgIpc) is 2.55. The molecule has 0 N–H and O–H groups in total. The van der Waals surface area contributed by atoms with Gasteiger partial charge in [-0.25, -0.2) is 0 Å². The van der Waals surface area contributed by atoms with Gasteiger partial charge in [0.1, 0.15) is 11.5 Å². The average molecular weight is 258 g/mol. The lowest BCUT2D eigenvalue weighted by Crippen LogP contribution is -2.04. The van der Waals surface area contributed by atoms with Crippen molar-refractivity contribution in [3.63, 3.8) is 0 Å². The van der Waals surface area contributed by atoms with Gasteiger partial charge < -0.3 is 4.74 Å². The molecule has 1 heterocycles. The summed E-state index contributed by atoms with van der Waals surface area (Å²) in [5.74, 6) is 1.96. The highest BCUT2D eigenvalue weighted by Gasteiger charge is 2.16. The Hall–Kier alpha value is -2.54. The molecule has 1 aliphatic heterocycles. The minimum atomic E-state index is 0.921. The third kappa shape index (κ3) is 1.79. The predicted molar refractivity (Wildman–Crippen MR) is 82.7 cm³/mol. The summed E-state index contributed by atoms with van der Waals surface area (Å²) in [6.07, 6.45) is 3.08. The number of allylic oxidation sites excluding steroid dienone is 1. The molecule has 0 atom stereocenters. The third-order valence-corrected chi connectivity index (χ3v) is 3.74. The quantitative estimate of drug-likeness (QED) is 0.608. The lowest BCUT2D eigenvalue weighted by Gasteiger charge is -2.20. The van der Waals surface area contributed by atoms with E-state index in [4.69, 9.17) is 4.74 Å². The summed E-state index contributed by atoms with van der Waals surface area (Å²) in [5, 5.41) is 2.41. The summed E-state index contributed by atoms with van der Waals surface area (Å²) < 4.78 is 6.19. The van der Waals surface area contributed by atoms with E-state index in [0.717, 1.165) is 23.5 Å². The summed E-state index contributed by atoms with van der Waals surface area (Å²) in [6.45, 7) is 0. The van der Waals surface area contributed by atoms with E-state index < -0.39 is 0 Å². The Labute approximate surface area is 118 Å². The van der Waals surface area contributed by atoms with Crippen molar-refractivity contribution >= 4 is 16.5 Å². The van der Waals surface area contributed by atoms with Crippen LogP contribution in [-0.4, -0.2) is 0 Å². The van der Waals surface area contributed by atoms with Crippen molar-refractivity contribution in [2.45, 2.75) is 6.42 Å². The predicted octanol–water partition coefficient (Wildman–Crippen LogP) is 4.82. The van der Waals surface area contributed by atoms with Crippen LogP contribution < -0.4 is 4.74 Å². The molecule has 0 bridgehead atoms. The van der Waals surface area contributed by atoms with E-state index in [1.165, 1.54) is 16.3 Å². The number of ether oxygens (including phenoxy) is 1. The van der Waals surface area contributed by atoms with E-state index in [1.807, 2.05) is 18.2 Å². The van der Waals surface area contributed by atoms with E-state index in [-0.39, 0.29) is 0 Å². The highest BCUT2D eigenvalue weighted by Crippen LogP contribution is 2.36. The van der Waals surface area contributed by atoms with Crippen LogP contribution in [-0.2, 0) is 6.42 Å². The maximum Gasteiger partial charge on any atom is 0.138 e. The molecule has 4 rings (SSSR count). The highest BCUT2D eigenvalue weighted by atomic mass is 16.5. The van der Waals surface area contributed by atoms with E-state index in [9.17, 15) is 0 Å². The lowest BCUT2D eigenvalue weighted by molar-refractivity contribution is 0.504. The molecular formula is C19H14O. The maximum absolute atomic E-state index is 6.19. The molecule has 1 aliphatic rings. The van der Waals surface area contributed by atoms with Gasteiger partial charge in [0, 0.05) is 10.9 Å². The second-order valence-electron chi connectivity index (χ2n) is 5.02. The third-order valence-electron chi connectivity index (χ3n) is 3.74. The fourth-order valence-electron chi connectivity index (χ4n) is 2.70. The molecule has 0 unspecified atom stereocenters. The number of hydrogen-bond donors (Lipinski definition) is 0. The first-order valence-electron chi connectivity index (χ1n) is 6.86. The molecule has 96 valence electrons. The summed E-state index contributed by atoms with van der Waals surface area (Å²) in [6, 6.07) is 23.0. The Morgan fingerprint density at radius 2 is 1.55 bits per heavy atom. The van der Waals surface area contributed by atoms with Crippen LogP contribution in [0.4, 0.5) is 0 Å². The van der Waals surface area contributed by atoms with Gasteiger partial charge in [-0.15, -0.1) is 0 Å². The smallest absolute Gasteiger partial charge is 0.138 e. The zero-order chi connectivity index (χ0) is 13.4. The van der Waals surface area contributed by atoms with Crippen molar-refractivity contribution < 1.29 is 4.74 Å². The Balaban J connectivity index is 1.84. The first-order chi connectivity index (χ1) is 9.92. The SMILES string of the molecule is C1=C(c2ccccc2)Oc2c(ccc3ccccc23)C1. The van der Waals surface area contributed by atoms with Crippen LogP contribution >= 0.6 is 0 Å². The molecule has 0 spiro atoms. The van der Waals surface area contributed by atoms with Gasteiger partial charge >= 0.3 is 0 Å². The molecule has 3 aromatic carbocycles. The van der Waals surface area contributed by atoms with Gasteiger partial charge in [0.05, 0.1) is 0 Å². The summed E-state index contributed by atoms with van der Waals surface area (Å²) in [4.78, 5) is 0. The van der Waals surface area contributed by atoms with Crippen LogP contribution in [0.2, 0.25) is 0 Å². The number of rotatable bonds is 1. The fraction of sp³-hybridized carbons (Fsp3) is 0.0526. The van der Waals surface area contributed by atoms with E-state index in [2.05, 4.69) is 54.6 Å². The van der Waals surface area contributed by atoms with Crippen LogP contribution in [0.1, 0.15) is 11.1 Å². The largest absolute Gasteiger partial charge is 0.456 e. The van der Waals surface area contributed by atoms with Crippen LogP contribution in [0.5, 0.6) is 5.75 Å². The number of fused-ring (bicyclic) bond motifs is 3. The van der Waals surface area contributed by atoms with Crippen molar-refractivity contribution in [3.05, 3.63) is 83.9 Å². The van der Waals surface area contributed by atoms with E-state index in [0.29, 0.717) is 0 Å². The van der Waals surface area contributed by atoms with Gasteiger partial charge in [-0.1, -0.05) is 66.7 Å². The second kappa shape index (κ2) is 4.53. The minimum absolute atomic E-state index is 0.921. The Bertz CT molecular complexity index is 800. The maximum atomic E-state index is 6.19. The van der Waals surface area contributed by atoms with E-state index in [1.54, 1.807) is 0 Å². The van der Waals surface area contributed by atoms with Gasteiger partial charge in [-0.05, 0) is 23.4 Å². The molecule has 0 aromatic heterocycles. The molecule has 0 aliphatic carbocycles. The summed E-state index contributed by atoms with van der Waals surface area (Å²) >= 11 is 0. The lowest BCUT2D eigenvalue weighted by atomic mass is 10.00. The molecule has 0 radical (unpaired) electrons. The van der Waals surface area contributed by atoms with Gasteiger partial charge in [0.2, 0.25) is 0 Å². The number of benzene rings is 3. The first kappa shape index (κ1) is 11.3. The van der Waals surface area contributed by atoms with Crippen molar-refractivity contribution in [2.24, 2.45) is 0 Å². The Morgan fingerprint density at radius 1 is 0.750 bits per heavy atom. The molecule has 1 nitrogen and oxygen atoms in total. The number of hydrogen-bond acceptors (Lipinski definition) is 1. The van der Waals surface area contributed by atoms with Gasteiger partial charge in [-0.2, -0.15) is 0 Å². The Kier molecular flexibility index (Phi) is 2.56. The van der Waals surface area contributed by atoms with Crippen LogP contribution in [0.25, 0.3) is 16.5 Å². The molecule has 0 fully saturated rings. The molecule has 3 aromatic rings. The molecule has 0 saturated heterocycles. The van der Waals surface area contributed by atoms with Gasteiger partial charge in [0.25, 0.3) is 0 Å². The zero-order valence-corrected chi connectivity index (χ0v) is 11.0. The second-order valence-corrected chi connectivity index (χ2v) is 5.02. The van der Waals surface area contributed by atoms with Gasteiger partial charge in [0.15, 0.2) is 0 Å². The van der Waals surface area contributed by atoms with Crippen molar-refractivity contribution in [1.29, 1.82) is 0 Å². The normalized spacial score (nSPS) is 13.5.